The van der Waals surface area contributed by atoms with E-state index in [0.717, 1.165) is 37.0 Å². The molecule has 190 valence electrons. The van der Waals surface area contributed by atoms with E-state index in [0.29, 0.717) is 29.7 Å². The Labute approximate surface area is 205 Å². The van der Waals surface area contributed by atoms with Crippen molar-refractivity contribution in [1.82, 2.24) is 19.7 Å². The maximum Gasteiger partial charge on any atom is 0.249 e. The van der Waals surface area contributed by atoms with Gasteiger partial charge in [0.25, 0.3) is 0 Å². The molecule has 5 rings (SSSR count). The number of anilines is 3. The van der Waals surface area contributed by atoms with Crippen LogP contribution in [0.5, 0.6) is 0 Å². The van der Waals surface area contributed by atoms with Gasteiger partial charge in [-0.25, -0.2) is 18.2 Å². The molecule has 1 aliphatic heterocycles. The van der Waals surface area contributed by atoms with Crippen molar-refractivity contribution in [1.29, 1.82) is 0 Å². The molecule has 36 heavy (non-hydrogen) atoms. The minimum atomic E-state index is -1.49. The molecule has 1 aromatic carbocycles. The number of halogens is 3. The van der Waals surface area contributed by atoms with E-state index in [1.165, 1.54) is 4.68 Å². The van der Waals surface area contributed by atoms with Gasteiger partial charge < -0.3 is 15.0 Å². The first-order valence-corrected chi connectivity index (χ1v) is 11.6. The predicted octanol–water partition coefficient (Wildman–Crippen LogP) is 3.37. The van der Waals surface area contributed by atoms with Crippen LogP contribution in [0.15, 0.2) is 24.5 Å². The Kier molecular flexibility index (Phi) is 6.07. The highest BCUT2D eigenvalue weighted by atomic mass is 19.2. The summed E-state index contributed by atoms with van der Waals surface area (Å²) in [7, 11) is 3.44. The van der Waals surface area contributed by atoms with Gasteiger partial charge in [0, 0.05) is 32.5 Å². The van der Waals surface area contributed by atoms with Crippen LogP contribution in [0, 0.1) is 24.4 Å². The summed E-state index contributed by atoms with van der Waals surface area (Å²) < 4.78 is 47.4. The number of hydrogen-bond donors (Lipinski definition) is 1. The van der Waals surface area contributed by atoms with Crippen molar-refractivity contribution in [3.8, 4) is 0 Å². The van der Waals surface area contributed by atoms with Gasteiger partial charge in [-0.15, -0.1) is 0 Å². The van der Waals surface area contributed by atoms with Crippen molar-refractivity contribution in [3.63, 3.8) is 0 Å². The second-order valence-electron chi connectivity index (χ2n) is 9.17. The van der Waals surface area contributed by atoms with Crippen molar-refractivity contribution in [2.45, 2.75) is 45.0 Å². The second kappa shape index (κ2) is 9.08. The fourth-order valence-corrected chi connectivity index (χ4v) is 4.71. The van der Waals surface area contributed by atoms with Crippen molar-refractivity contribution in [2.75, 3.05) is 35.8 Å². The molecule has 0 saturated heterocycles. The zero-order valence-corrected chi connectivity index (χ0v) is 20.2. The average molecular weight is 502 g/mol. The fraction of sp³-hybridized carbons (Fsp3) is 0.417. The van der Waals surface area contributed by atoms with E-state index in [1.807, 2.05) is 14.0 Å². The zero-order valence-electron chi connectivity index (χ0n) is 20.2. The number of carbonyl (C=O) groups is 1. The first kappa shape index (κ1) is 24.0. The van der Waals surface area contributed by atoms with E-state index < -0.39 is 23.2 Å². The van der Waals surface area contributed by atoms with Crippen LogP contribution in [0.4, 0.5) is 30.6 Å². The van der Waals surface area contributed by atoms with Gasteiger partial charge in [-0.2, -0.15) is 10.1 Å². The van der Waals surface area contributed by atoms with E-state index in [2.05, 4.69) is 20.4 Å². The number of fused-ring (bicyclic) bond motifs is 1. The molecule has 0 atom stereocenters. The molecule has 0 radical (unpaired) electrons. The van der Waals surface area contributed by atoms with E-state index in [4.69, 9.17) is 4.74 Å². The highest BCUT2D eigenvalue weighted by Crippen LogP contribution is 2.46. The smallest absolute Gasteiger partial charge is 0.249 e. The molecule has 0 spiro atoms. The van der Waals surface area contributed by atoms with Gasteiger partial charge >= 0.3 is 0 Å². The van der Waals surface area contributed by atoms with Crippen LogP contribution < -0.4 is 15.1 Å². The SMILES string of the molecule is COC1(N2C(=O)CN(C)c3nc(NCc4cnn(Cc5cc(F)c(F)c(F)c5)c4)nc(C)c32)CCC1. The maximum absolute atomic E-state index is 13.5. The Hall–Kier alpha value is -3.67. The number of aryl methyl sites for hydroxylation is 1. The summed E-state index contributed by atoms with van der Waals surface area (Å²) in [5, 5.41) is 7.38. The molecule has 0 bridgehead atoms. The number of nitrogens with zero attached hydrogens (tertiary/aromatic N) is 6. The first-order valence-electron chi connectivity index (χ1n) is 11.6. The average Bonchev–Trinajstić information content (AvgIpc) is 3.25. The number of aromatic nitrogens is 4. The zero-order chi connectivity index (χ0) is 25.6. The molecule has 3 aromatic rings. The van der Waals surface area contributed by atoms with E-state index in [1.54, 1.807) is 29.3 Å². The molecule has 12 heteroatoms. The molecule has 0 unspecified atom stereocenters. The molecule has 1 aliphatic carbocycles. The van der Waals surface area contributed by atoms with Crippen molar-refractivity contribution in [3.05, 3.63) is 58.8 Å². The van der Waals surface area contributed by atoms with E-state index in [-0.39, 0.29) is 24.6 Å². The summed E-state index contributed by atoms with van der Waals surface area (Å²) in [4.78, 5) is 25.7. The van der Waals surface area contributed by atoms with E-state index >= 15 is 0 Å². The lowest BCUT2D eigenvalue weighted by Gasteiger charge is -2.51. The van der Waals surface area contributed by atoms with Crippen LogP contribution in [0.1, 0.15) is 36.1 Å². The summed E-state index contributed by atoms with van der Waals surface area (Å²) in [5.74, 6) is -2.98. The number of rotatable bonds is 7. The highest BCUT2D eigenvalue weighted by Gasteiger charge is 2.49. The largest absolute Gasteiger partial charge is 0.358 e. The van der Waals surface area contributed by atoms with Crippen LogP contribution in [0.2, 0.25) is 0 Å². The number of likely N-dealkylation sites (N-methyl/N-ethyl adjacent to an activating group) is 1. The number of nitrogens with one attached hydrogen (secondary N) is 1. The van der Waals surface area contributed by atoms with Crippen LogP contribution in [0.3, 0.4) is 0 Å². The molecule has 2 aliphatic rings. The lowest BCUT2D eigenvalue weighted by molar-refractivity contribution is -0.130. The summed E-state index contributed by atoms with van der Waals surface area (Å²) in [6, 6.07) is 1.90. The van der Waals surface area contributed by atoms with Crippen LogP contribution in [-0.2, 0) is 22.6 Å². The summed E-state index contributed by atoms with van der Waals surface area (Å²) >= 11 is 0. The van der Waals surface area contributed by atoms with Crippen LogP contribution in [0.25, 0.3) is 0 Å². The Balaban J connectivity index is 1.32. The Bertz CT molecular complexity index is 1300. The lowest BCUT2D eigenvalue weighted by Crippen LogP contribution is -2.62. The van der Waals surface area contributed by atoms with Gasteiger partial charge in [0.2, 0.25) is 11.9 Å². The minimum Gasteiger partial charge on any atom is -0.358 e. The monoisotopic (exact) mass is 501 g/mol. The third-order valence-corrected chi connectivity index (χ3v) is 6.69. The third-order valence-electron chi connectivity index (χ3n) is 6.69. The van der Waals surface area contributed by atoms with Crippen molar-refractivity contribution in [2.24, 2.45) is 0 Å². The molecule has 1 N–H and O–H groups in total. The Morgan fingerprint density at radius 1 is 1.14 bits per heavy atom. The molecule has 3 heterocycles. The minimum absolute atomic E-state index is 0.0488. The topological polar surface area (TPSA) is 88.4 Å². The fourth-order valence-electron chi connectivity index (χ4n) is 4.71. The quantitative estimate of drug-likeness (QED) is 0.497. The molecular formula is C24H26F3N7O2. The van der Waals surface area contributed by atoms with Gasteiger partial charge in [-0.3, -0.25) is 14.4 Å². The second-order valence-corrected chi connectivity index (χ2v) is 9.17. The highest BCUT2D eigenvalue weighted by molar-refractivity contribution is 6.04. The van der Waals surface area contributed by atoms with Crippen LogP contribution >= 0.6 is 0 Å². The maximum atomic E-state index is 13.5. The standard InChI is InChI=1S/C24H26F3N7O2/c1-14-21-22(32(2)13-19(35)34(21)24(36-3)5-4-6-24)31-23(30-14)28-9-16-10-29-33(12-16)11-15-7-17(25)20(27)18(26)8-15/h7-8,10,12H,4-6,9,11,13H2,1-3H3,(H,28,30,31). The molecule has 1 amide bonds. The normalized spacial score (nSPS) is 16.7. The Morgan fingerprint density at radius 2 is 1.86 bits per heavy atom. The molecule has 1 fully saturated rings. The summed E-state index contributed by atoms with van der Waals surface area (Å²) in [6.45, 7) is 2.45. The third kappa shape index (κ3) is 4.15. The van der Waals surface area contributed by atoms with E-state index in [9.17, 15) is 18.0 Å². The van der Waals surface area contributed by atoms with Gasteiger partial charge in [0.15, 0.2) is 23.3 Å². The number of ether oxygens (including phenoxy) is 1. The molecule has 9 nitrogen and oxygen atoms in total. The number of amides is 1. The van der Waals surface area contributed by atoms with Gasteiger partial charge in [-0.05, 0) is 43.9 Å². The lowest BCUT2D eigenvalue weighted by atomic mass is 9.85. The number of carbonyl (C=O) groups excluding carboxylic acids is 1. The van der Waals surface area contributed by atoms with Crippen molar-refractivity contribution >= 4 is 23.4 Å². The summed E-state index contributed by atoms with van der Waals surface area (Å²) in [5.41, 5.74) is 1.70. The van der Waals surface area contributed by atoms with Gasteiger partial charge in [-0.1, -0.05) is 0 Å². The first-order chi connectivity index (χ1) is 17.2. The molecule has 1 saturated carbocycles. The molecular weight excluding hydrogens is 475 g/mol. The number of hydrogen-bond acceptors (Lipinski definition) is 7. The Morgan fingerprint density at radius 3 is 2.50 bits per heavy atom. The predicted molar refractivity (Wildman–Crippen MR) is 126 cm³/mol. The van der Waals surface area contributed by atoms with Crippen LogP contribution in [-0.4, -0.2) is 52.1 Å². The number of methoxy groups -OCH3 is 1. The number of benzene rings is 1. The summed E-state index contributed by atoms with van der Waals surface area (Å²) in [6.07, 6.45) is 5.84. The van der Waals surface area contributed by atoms with Gasteiger partial charge in [0.1, 0.15) is 11.4 Å². The van der Waals surface area contributed by atoms with Gasteiger partial charge in [0.05, 0.1) is 25.0 Å². The molecule has 2 aromatic heterocycles. The van der Waals surface area contributed by atoms with Crippen molar-refractivity contribution < 1.29 is 22.7 Å².